The summed E-state index contributed by atoms with van der Waals surface area (Å²) in [7, 11) is 0. The van der Waals surface area contributed by atoms with Crippen LogP contribution in [0.5, 0.6) is 0 Å². The maximum Gasteiger partial charge on any atom is 0.227 e. The Hall–Kier alpha value is -0.790. The summed E-state index contributed by atoms with van der Waals surface area (Å²) in [6.07, 6.45) is -4.81. The van der Waals surface area contributed by atoms with Gasteiger partial charge in [0.25, 0.3) is 0 Å². The van der Waals surface area contributed by atoms with Crippen molar-refractivity contribution in [2.45, 2.75) is 33.5 Å². The zero-order valence-corrected chi connectivity index (χ0v) is 7.64. The minimum Gasteiger partial charge on any atom is -0.330 e. The van der Waals surface area contributed by atoms with Gasteiger partial charge >= 0.3 is 0 Å². The Bertz CT molecular complexity index is 371. The van der Waals surface area contributed by atoms with Gasteiger partial charge in [0.2, 0.25) is 5.91 Å². The predicted molar refractivity (Wildman–Crippen MR) is 49.5 cm³/mol. The van der Waals surface area contributed by atoms with Gasteiger partial charge in [-0.3, -0.25) is 4.79 Å². The van der Waals surface area contributed by atoms with Gasteiger partial charge in [0.1, 0.15) is 0 Å². The first-order valence-corrected chi connectivity index (χ1v) is 3.87. The van der Waals surface area contributed by atoms with Crippen LogP contribution in [0.4, 0.5) is 0 Å². The third kappa shape index (κ3) is 1.87. The van der Waals surface area contributed by atoms with E-state index in [4.69, 9.17) is 6.89 Å². The maximum absolute atomic E-state index is 12.0. The summed E-state index contributed by atoms with van der Waals surface area (Å²) in [6, 6.07) is 0. The van der Waals surface area contributed by atoms with Crippen molar-refractivity contribution in [2.75, 3.05) is 0 Å². The lowest BCUT2D eigenvalue weighted by molar-refractivity contribution is -0.129. The zero-order valence-electron chi connectivity index (χ0n) is 12.6. The number of nitrogens with one attached hydrogen (secondary N) is 1. The van der Waals surface area contributed by atoms with Gasteiger partial charge < -0.3 is 5.31 Å². The molecule has 0 aromatic carbocycles. The maximum atomic E-state index is 12.0. The van der Waals surface area contributed by atoms with E-state index >= 15 is 0 Å². The van der Waals surface area contributed by atoms with E-state index in [0.29, 0.717) is 5.31 Å². The molecule has 68 valence electrons. The second kappa shape index (κ2) is 2.92. The number of amides is 1. The normalized spacial score (nSPS) is 40.8. The lowest BCUT2D eigenvalue weighted by Crippen LogP contribution is -2.41. The Kier molecular flexibility index (Phi) is 1.08. The van der Waals surface area contributed by atoms with Crippen LogP contribution in [0.25, 0.3) is 0 Å². The molecule has 0 aromatic rings. The zero-order chi connectivity index (χ0) is 13.8. The SMILES string of the molecule is [2H]N1C(=C)C([2H])([2H])C([2H])([2H])C(C(C)(C)C)C1=O. The first-order valence-electron chi connectivity index (χ1n) is 6.32. The molecule has 2 nitrogen and oxygen atoms in total. The van der Waals surface area contributed by atoms with Crippen molar-refractivity contribution in [3.8, 4) is 0 Å². The minimum absolute atomic E-state index is 0.386. The highest BCUT2D eigenvalue weighted by molar-refractivity contribution is 5.82. The predicted octanol–water partition coefficient (Wildman–Crippen LogP) is 2.07. The highest BCUT2D eigenvalue weighted by Crippen LogP contribution is 2.33. The smallest absolute Gasteiger partial charge is 0.227 e. The molecule has 1 aliphatic heterocycles. The lowest BCUT2D eigenvalue weighted by atomic mass is 9.76. The van der Waals surface area contributed by atoms with E-state index in [1.165, 1.54) is 0 Å². The highest BCUT2D eigenvalue weighted by atomic mass is 16.2. The summed E-state index contributed by atoms with van der Waals surface area (Å²) in [5.74, 6) is -1.96. The molecule has 12 heavy (non-hydrogen) atoms. The number of piperidine rings is 1. The lowest BCUT2D eigenvalue weighted by Gasteiger charge is -2.33. The first kappa shape index (κ1) is 4.45. The molecule has 1 atom stereocenters. The molecule has 1 heterocycles. The van der Waals surface area contributed by atoms with Crippen molar-refractivity contribution in [3.05, 3.63) is 12.3 Å². The molecule has 1 unspecified atom stereocenters. The van der Waals surface area contributed by atoms with Crippen LogP contribution in [0.2, 0.25) is 1.41 Å². The number of hydrogen-bond acceptors (Lipinski definition) is 1. The highest BCUT2D eigenvalue weighted by Gasteiger charge is 2.33. The van der Waals surface area contributed by atoms with E-state index in [0.717, 1.165) is 0 Å². The van der Waals surface area contributed by atoms with Crippen molar-refractivity contribution >= 4 is 5.91 Å². The average molecular weight is 172 g/mol. The van der Waals surface area contributed by atoms with Gasteiger partial charge in [-0.2, -0.15) is 0 Å². The summed E-state index contributed by atoms with van der Waals surface area (Å²) < 4.78 is 38.8. The van der Waals surface area contributed by atoms with E-state index in [1.807, 2.05) is 0 Å². The Morgan fingerprint density at radius 3 is 2.83 bits per heavy atom. The third-order valence-electron chi connectivity index (χ3n) is 1.72. The van der Waals surface area contributed by atoms with E-state index in [9.17, 15) is 4.79 Å². The van der Waals surface area contributed by atoms with Crippen molar-refractivity contribution in [1.29, 1.82) is 0 Å². The minimum atomic E-state index is -2.43. The number of hydrogen-bond donors (Lipinski definition) is 1. The topological polar surface area (TPSA) is 29.1 Å². The van der Waals surface area contributed by atoms with Crippen LogP contribution >= 0.6 is 0 Å². The molecular weight excluding hydrogens is 150 g/mol. The molecule has 1 amide bonds. The van der Waals surface area contributed by atoms with Gasteiger partial charge in [-0.05, 0) is 18.2 Å². The molecule has 1 saturated heterocycles. The molecular formula is C10H17NO. The van der Waals surface area contributed by atoms with Gasteiger partial charge in [0.15, 0.2) is 1.41 Å². The monoisotopic (exact) mass is 172 g/mol. The molecule has 0 radical (unpaired) electrons. The molecule has 0 aliphatic carbocycles. The average Bonchev–Trinajstić information content (AvgIpc) is 2.10. The summed E-state index contributed by atoms with van der Waals surface area (Å²) in [4.78, 5) is 12.0. The van der Waals surface area contributed by atoms with Gasteiger partial charge in [-0.25, -0.2) is 0 Å². The van der Waals surface area contributed by atoms with E-state index in [1.54, 1.807) is 20.8 Å². The Labute approximate surface area is 81.1 Å². The summed E-state index contributed by atoms with van der Waals surface area (Å²) in [6.45, 7) is 8.29. The molecule has 0 bridgehead atoms. The molecule has 1 rings (SSSR count). The summed E-state index contributed by atoms with van der Waals surface area (Å²) in [5.41, 5.74) is -1.22. The number of carbonyl (C=O) groups excluding carboxylic acids is 1. The van der Waals surface area contributed by atoms with Crippen LogP contribution in [-0.2, 0) is 4.79 Å². The fourth-order valence-corrected chi connectivity index (χ4v) is 1.03. The molecule has 2 heteroatoms. The largest absolute Gasteiger partial charge is 0.330 e. The van der Waals surface area contributed by atoms with E-state index in [2.05, 4.69) is 6.58 Å². The van der Waals surface area contributed by atoms with Gasteiger partial charge in [-0.15, -0.1) is 0 Å². The first-order chi connectivity index (χ1) is 7.35. The fourth-order valence-electron chi connectivity index (χ4n) is 1.03. The Morgan fingerprint density at radius 2 is 2.33 bits per heavy atom. The number of rotatable bonds is 0. The van der Waals surface area contributed by atoms with Crippen LogP contribution in [0.15, 0.2) is 12.3 Å². The molecule has 0 spiro atoms. The second-order valence-corrected chi connectivity index (χ2v) is 3.97. The van der Waals surface area contributed by atoms with Gasteiger partial charge in [0, 0.05) is 17.1 Å². The Morgan fingerprint density at radius 1 is 1.75 bits per heavy atom. The van der Waals surface area contributed by atoms with Gasteiger partial charge in [-0.1, -0.05) is 27.4 Å². The molecule has 1 N–H and O–H groups in total. The number of allylic oxidation sites excluding steroid dienone is 1. The van der Waals surface area contributed by atoms with Crippen molar-refractivity contribution in [2.24, 2.45) is 11.3 Å². The molecule has 0 aromatic heterocycles. The van der Waals surface area contributed by atoms with Crippen molar-refractivity contribution in [3.63, 3.8) is 0 Å². The summed E-state index contributed by atoms with van der Waals surface area (Å²) >= 11 is 0. The molecule has 1 fully saturated rings. The van der Waals surface area contributed by atoms with E-state index < -0.39 is 35.7 Å². The van der Waals surface area contributed by atoms with E-state index in [-0.39, 0.29) is 0 Å². The van der Waals surface area contributed by atoms with Crippen LogP contribution in [-0.4, -0.2) is 5.91 Å². The van der Waals surface area contributed by atoms with Crippen LogP contribution in [0, 0.1) is 11.3 Å². The van der Waals surface area contributed by atoms with Crippen molar-refractivity contribution < 1.29 is 11.7 Å². The third-order valence-corrected chi connectivity index (χ3v) is 1.72. The molecule has 1 aliphatic rings. The van der Waals surface area contributed by atoms with Crippen LogP contribution in [0.1, 0.15) is 39.0 Å². The number of carbonyl (C=O) groups is 1. The van der Waals surface area contributed by atoms with Crippen molar-refractivity contribution in [1.82, 2.24) is 5.31 Å². The quantitative estimate of drug-likeness (QED) is 0.595. The van der Waals surface area contributed by atoms with Crippen LogP contribution < -0.4 is 5.31 Å². The van der Waals surface area contributed by atoms with Gasteiger partial charge in [0.05, 0.1) is 0 Å². The van der Waals surface area contributed by atoms with Crippen LogP contribution in [0.3, 0.4) is 0 Å². The second-order valence-electron chi connectivity index (χ2n) is 3.97. The fraction of sp³-hybridized carbons (Fsp3) is 0.700. The molecule has 0 saturated carbocycles. The standard InChI is InChI=1S/C10H17NO/c1-7-5-6-8(9(12)11-7)10(2,3)4/h8H,1,5-6H2,2-4H3,(H,11,12)/i5D2,6D2/hD. The summed E-state index contributed by atoms with van der Waals surface area (Å²) in [5, 5.41) is 0.386. The Balaban J connectivity index is 3.41.